The molecule has 0 fully saturated rings. The number of esters is 1. The number of hydrogen-bond donors (Lipinski definition) is 1. The monoisotopic (exact) mass is 418 g/mol. The van der Waals surface area contributed by atoms with Crippen LogP contribution in [0.15, 0.2) is 36.4 Å². The maximum Gasteiger partial charge on any atom is 0.407 e. The maximum absolute atomic E-state index is 12.6. The number of benzene rings is 2. The fourth-order valence-electron chi connectivity index (χ4n) is 2.86. The second-order valence-electron chi connectivity index (χ2n) is 7.92. The van der Waals surface area contributed by atoms with Crippen molar-refractivity contribution >= 4 is 36.6 Å². The fraction of sp³-hybridized carbons (Fsp3) is 0.400. The molecule has 0 radical (unpaired) electrons. The average Bonchev–Trinajstić information content (AvgIpc) is 2.66. The van der Waals surface area contributed by atoms with Crippen LogP contribution in [0.1, 0.15) is 5.56 Å². The normalized spacial score (nSPS) is 12.3. The van der Waals surface area contributed by atoms with E-state index in [1.807, 2.05) is 0 Å². The first-order chi connectivity index (χ1) is 13.6. The van der Waals surface area contributed by atoms with Crippen LogP contribution in [0.5, 0.6) is 0 Å². The molecule has 2 rings (SSSR count). The van der Waals surface area contributed by atoms with Crippen molar-refractivity contribution in [2.24, 2.45) is 0 Å². The number of nitrogens with one attached hydrogen (secondary N) is 1. The van der Waals surface area contributed by atoms with E-state index in [-0.39, 0.29) is 18.7 Å². The summed E-state index contributed by atoms with van der Waals surface area (Å²) in [6.45, 7) is 6.81. The molecule has 0 aliphatic rings. The number of nitro groups is 1. The van der Waals surface area contributed by atoms with Gasteiger partial charge in [-0.1, -0.05) is 43.9 Å². The van der Waals surface area contributed by atoms with Crippen molar-refractivity contribution in [1.29, 1.82) is 0 Å². The molecular weight excluding hydrogens is 392 g/mol. The molecule has 2 aromatic rings. The predicted molar refractivity (Wildman–Crippen MR) is 113 cm³/mol. The Morgan fingerprint density at radius 1 is 1.14 bits per heavy atom. The van der Waals surface area contributed by atoms with Crippen molar-refractivity contribution in [2.75, 3.05) is 13.7 Å². The number of nitrogens with zero attached hydrogens (tertiary/aromatic N) is 1. The molecule has 8 nitrogen and oxygen atoms in total. The molecule has 0 saturated carbocycles. The van der Waals surface area contributed by atoms with Gasteiger partial charge in [0.1, 0.15) is 6.04 Å². The number of carbonyl (C=O) groups excluding carboxylic acids is 2. The number of non-ortho nitro benzene ring substituents is 1. The van der Waals surface area contributed by atoms with Crippen LogP contribution in [0.4, 0.5) is 10.5 Å². The number of nitro benzene ring substituents is 1. The number of amides is 1. The topological polar surface area (TPSA) is 108 Å². The second kappa shape index (κ2) is 9.51. The Hall–Kier alpha value is -2.94. The first kappa shape index (κ1) is 22.3. The van der Waals surface area contributed by atoms with E-state index in [4.69, 9.17) is 4.74 Å². The van der Waals surface area contributed by atoms with E-state index in [2.05, 4.69) is 29.7 Å². The van der Waals surface area contributed by atoms with E-state index in [9.17, 15) is 19.7 Å². The maximum atomic E-state index is 12.6. The average molecular weight is 419 g/mol. The molecule has 9 heteroatoms. The van der Waals surface area contributed by atoms with E-state index in [1.54, 1.807) is 30.3 Å². The smallest absolute Gasteiger partial charge is 0.407 e. The van der Waals surface area contributed by atoms with Gasteiger partial charge in [-0.3, -0.25) is 10.1 Å². The van der Waals surface area contributed by atoms with Crippen LogP contribution in [0.2, 0.25) is 25.7 Å². The minimum atomic E-state index is -1.38. The Balaban J connectivity index is 2.29. The molecule has 0 saturated heterocycles. The highest BCUT2D eigenvalue weighted by Gasteiger charge is 2.26. The molecule has 0 spiro atoms. The lowest BCUT2D eigenvalue weighted by molar-refractivity contribution is -0.383. The Bertz CT molecular complexity index is 909. The molecule has 0 aromatic heterocycles. The number of alkyl carbamates (subject to hydrolysis) is 1. The molecule has 0 heterocycles. The third kappa shape index (κ3) is 6.28. The van der Waals surface area contributed by atoms with E-state index >= 15 is 0 Å². The van der Waals surface area contributed by atoms with Crippen LogP contribution in [0, 0.1) is 10.1 Å². The largest absolute Gasteiger partial charge is 0.464 e. The summed E-state index contributed by atoms with van der Waals surface area (Å²) in [5.74, 6) is -0.559. The Morgan fingerprint density at radius 2 is 1.79 bits per heavy atom. The van der Waals surface area contributed by atoms with Crippen LogP contribution in [-0.4, -0.2) is 44.8 Å². The number of rotatable bonds is 8. The fourth-order valence-corrected chi connectivity index (χ4v) is 3.57. The molecule has 1 amide bonds. The molecule has 0 aliphatic heterocycles. The zero-order chi connectivity index (χ0) is 21.6. The lowest BCUT2D eigenvalue weighted by Gasteiger charge is -2.20. The van der Waals surface area contributed by atoms with Gasteiger partial charge in [0.25, 0.3) is 5.69 Å². The van der Waals surface area contributed by atoms with Crippen LogP contribution in [0.25, 0.3) is 10.8 Å². The van der Waals surface area contributed by atoms with Crippen molar-refractivity contribution in [2.45, 2.75) is 38.1 Å². The van der Waals surface area contributed by atoms with Crippen LogP contribution < -0.4 is 5.32 Å². The third-order valence-corrected chi connectivity index (χ3v) is 6.17. The van der Waals surface area contributed by atoms with Crippen LogP contribution in [0.3, 0.4) is 0 Å². The Labute approximate surface area is 170 Å². The van der Waals surface area contributed by atoms with Gasteiger partial charge in [-0.05, 0) is 23.1 Å². The van der Waals surface area contributed by atoms with Gasteiger partial charge in [-0.2, -0.15) is 0 Å². The summed E-state index contributed by atoms with van der Waals surface area (Å²) in [7, 11) is -0.166. The van der Waals surface area contributed by atoms with Crippen molar-refractivity contribution < 1.29 is 24.0 Å². The van der Waals surface area contributed by atoms with Crippen molar-refractivity contribution in [3.05, 3.63) is 52.1 Å². The van der Waals surface area contributed by atoms with Gasteiger partial charge in [0.2, 0.25) is 0 Å². The van der Waals surface area contributed by atoms with Gasteiger partial charge >= 0.3 is 12.1 Å². The highest BCUT2D eigenvalue weighted by Crippen LogP contribution is 2.29. The van der Waals surface area contributed by atoms with Crippen molar-refractivity contribution in [1.82, 2.24) is 5.32 Å². The number of ether oxygens (including phenoxy) is 2. The quantitative estimate of drug-likeness (QED) is 0.301. The molecule has 2 aromatic carbocycles. The summed E-state index contributed by atoms with van der Waals surface area (Å²) >= 11 is 0. The minimum absolute atomic E-state index is 0.0143. The highest BCUT2D eigenvalue weighted by molar-refractivity contribution is 6.76. The van der Waals surface area contributed by atoms with E-state index in [1.165, 1.54) is 13.2 Å². The second-order valence-corrected chi connectivity index (χ2v) is 13.5. The molecule has 0 aliphatic carbocycles. The molecule has 1 unspecified atom stereocenters. The number of methoxy groups -OCH3 is 1. The SMILES string of the molecule is COC(=O)NC(Cc1ccc([N+](=O)[O-])c2ccccc12)C(=O)OCC[Si](C)(C)C. The van der Waals surface area contributed by atoms with E-state index in [0.29, 0.717) is 16.3 Å². The highest BCUT2D eigenvalue weighted by atomic mass is 28.3. The van der Waals surface area contributed by atoms with Crippen LogP contribution in [-0.2, 0) is 20.7 Å². The van der Waals surface area contributed by atoms with Gasteiger partial charge in [-0.15, -0.1) is 0 Å². The minimum Gasteiger partial charge on any atom is -0.464 e. The standard InChI is InChI=1S/C20H26N2O6Si/c1-27-20(24)21-17(19(23)28-11-12-29(2,3)4)13-14-9-10-18(22(25)26)16-8-6-5-7-15(14)16/h5-10,17H,11-13H2,1-4H3,(H,21,24). The van der Waals surface area contributed by atoms with Crippen molar-refractivity contribution in [3.8, 4) is 0 Å². The molecule has 1 atom stereocenters. The first-order valence-corrected chi connectivity index (χ1v) is 13.0. The summed E-state index contributed by atoms with van der Waals surface area (Å²) in [6.07, 6.45) is -0.622. The lowest BCUT2D eigenvalue weighted by Crippen LogP contribution is -2.43. The van der Waals surface area contributed by atoms with E-state index < -0.39 is 31.1 Å². The lowest BCUT2D eigenvalue weighted by atomic mass is 9.97. The first-order valence-electron chi connectivity index (χ1n) is 9.28. The molecule has 29 heavy (non-hydrogen) atoms. The molecular formula is C20H26N2O6Si. The number of fused-ring (bicyclic) bond motifs is 1. The summed E-state index contributed by atoms with van der Waals surface area (Å²) in [5.41, 5.74) is 0.675. The van der Waals surface area contributed by atoms with E-state index in [0.717, 1.165) is 6.04 Å². The van der Waals surface area contributed by atoms with Gasteiger partial charge in [-0.25, -0.2) is 9.59 Å². The summed E-state index contributed by atoms with van der Waals surface area (Å²) in [5, 5.41) is 14.9. The Kier molecular flexibility index (Phi) is 7.33. The zero-order valence-corrected chi connectivity index (χ0v) is 18.1. The molecule has 156 valence electrons. The van der Waals surface area contributed by atoms with Gasteiger partial charge < -0.3 is 14.8 Å². The number of hydrogen-bond acceptors (Lipinski definition) is 6. The predicted octanol–water partition coefficient (Wildman–Crippen LogP) is 3.90. The third-order valence-electron chi connectivity index (χ3n) is 4.47. The molecule has 1 N–H and O–H groups in total. The van der Waals surface area contributed by atoms with Crippen LogP contribution >= 0.6 is 0 Å². The summed E-state index contributed by atoms with van der Waals surface area (Å²) in [4.78, 5) is 35.2. The number of carbonyl (C=O) groups is 2. The van der Waals surface area contributed by atoms with Crippen molar-refractivity contribution in [3.63, 3.8) is 0 Å². The Morgan fingerprint density at radius 3 is 2.38 bits per heavy atom. The van der Waals surface area contributed by atoms with Gasteiger partial charge in [0.05, 0.1) is 24.0 Å². The summed E-state index contributed by atoms with van der Waals surface area (Å²) < 4.78 is 10.0. The van der Waals surface area contributed by atoms with Gasteiger partial charge in [0.15, 0.2) is 0 Å². The zero-order valence-electron chi connectivity index (χ0n) is 17.1. The van der Waals surface area contributed by atoms with Gasteiger partial charge in [0, 0.05) is 20.6 Å². The molecule has 0 bridgehead atoms. The summed E-state index contributed by atoms with van der Waals surface area (Å²) in [6, 6.07) is 9.75.